The first-order valence-electron chi connectivity index (χ1n) is 14.8. The lowest BCUT2D eigenvalue weighted by Gasteiger charge is -2.47. The van der Waals surface area contributed by atoms with Crippen molar-refractivity contribution < 1.29 is 9.53 Å². The first-order chi connectivity index (χ1) is 20.1. The number of pyridine rings is 1. The van der Waals surface area contributed by atoms with E-state index in [9.17, 15) is 4.79 Å². The topological polar surface area (TPSA) is 93.5 Å². The molecule has 1 aromatic heterocycles. The third kappa shape index (κ3) is 6.31. The summed E-state index contributed by atoms with van der Waals surface area (Å²) in [5, 5.41) is 15.7. The zero-order valence-corrected chi connectivity index (χ0v) is 23.5. The summed E-state index contributed by atoms with van der Waals surface area (Å²) in [6, 6.07) is 24.7. The number of hydrogen-bond acceptors (Lipinski definition) is 6. The fraction of sp³-hybridized carbons (Fsp3) is 0.424. The third-order valence-corrected chi connectivity index (χ3v) is 8.95. The van der Waals surface area contributed by atoms with E-state index in [2.05, 4.69) is 50.9 Å². The third-order valence-electron chi connectivity index (χ3n) is 8.95. The number of urea groups is 1. The largest absolute Gasteiger partial charge is 0.380 e. The fourth-order valence-electron chi connectivity index (χ4n) is 6.33. The highest BCUT2D eigenvalue weighted by atomic mass is 16.5. The molecule has 1 spiro atoms. The van der Waals surface area contributed by atoms with Crippen LogP contribution in [-0.4, -0.2) is 49.4 Å². The Bertz CT molecular complexity index is 1330. The highest BCUT2D eigenvalue weighted by Crippen LogP contribution is 2.40. The van der Waals surface area contributed by atoms with Gasteiger partial charge in [-0.1, -0.05) is 30.3 Å². The maximum absolute atomic E-state index is 13.7. The fourth-order valence-corrected chi connectivity index (χ4v) is 6.33. The molecule has 0 bridgehead atoms. The van der Waals surface area contributed by atoms with E-state index in [1.165, 1.54) is 18.5 Å². The molecule has 2 N–H and O–H groups in total. The molecule has 1 saturated carbocycles. The number of benzene rings is 2. The van der Waals surface area contributed by atoms with E-state index in [1.54, 1.807) is 12.3 Å². The molecule has 2 aromatic carbocycles. The number of anilines is 3. The van der Waals surface area contributed by atoms with E-state index in [4.69, 9.17) is 10.00 Å². The summed E-state index contributed by atoms with van der Waals surface area (Å²) < 4.78 is 5.49. The van der Waals surface area contributed by atoms with Crippen LogP contribution >= 0.6 is 0 Å². The summed E-state index contributed by atoms with van der Waals surface area (Å²) in [6.07, 6.45) is 7.62. The van der Waals surface area contributed by atoms with Crippen LogP contribution in [0, 0.1) is 16.7 Å². The van der Waals surface area contributed by atoms with Crippen molar-refractivity contribution in [2.75, 3.05) is 41.4 Å². The van der Waals surface area contributed by atoms with Crippen LogP contribution in [0.1, 0.15) is 49.7 Å². The van der Waals surface area contributed by atoms with E-state index >= 15 is 0 Å². The molecule has 2 aliphatic heterocycles. The van der Waals surface area contributed by atoms with Gasteiger partial charge >= 0.3 is 6.03 Å². The average Bonchev–Trinajstić information content (AvgIpc) is 3.01. The molecular formula is C33H38N6O2. The van der Waals surface area contributed by atoms with Crippen LogP contribution < -0.4 is 20.4 Å². The summed E-state index contributed by atoms with van der Waals surface area (Å²) >= 11 is 0. The number of piperidine rings is 1. The number of nitrogens with zero attached hydrogens (tertiary/aromatic N) is 4. The number of amides is 2. The number of rotatable bonds is 7. The van der Waals surface area contributed by atoms with Crippen molar-refractivity contribution in [2.24, 2.45) is 5.41 Å². The molecule has 2 amide bonds. The van der Waals surface area contributed by atoms with Crippen molar-refractivity contribution in [3.8, 4) is 6.07 Å². The second-order valence-electron chi connectivity index (χ2n) is 11.7. The molecule has 3 heterocycles. The van der Waals surface area contributed by atoms with Gasteiger partial charge in [-0.05, 0) is 80.5 Å². The minimum Gasteiger partial charge on any atom is -0.380 e. The molecule has 1 aliphatic carbocycles. The zero-order valence-electron chi connectivity index (χ0n) is 23.5. The van der Waals surface area contributed by atoms with Gasteiger partial charge in [-0.15, -0.1) is 0 Å². The van der Waals surface area contributed by atoms with Gasteiger partial charge in [0.05, 0.1) is 18.8 Å². The van der Waals surface area contributed by atoms with Gasteiger partial charge in [0, 0.05) is 54.7 Å². The van der Waals surface area contributed by atoms with Crippen molar-refractivity contribution >= 4 is 23.2 Å². The molecule has 41 heavy (non-hydrogen) atoms. The minimum absolute atomic E-state index is 0.0586. The average molecular weight is 551 g/mol. The highest BCUT2D eigenvalue weighted by molar-refractivity contribution is 5.92. The molecule has 2 saturated heterocycles. The lowest BCUT2D eigenvalue weighted by atomic mass is 9.77. The quantitative estimate of drug-likeness (QED) is 0.392. The van der Waals surface area contributed by atoms with Gasteiger partial charge in [0.2, 0.25) is 0 Å². The van der Waals surface area contributed by atoms with Gasteiger partial charge in [0.25, 0.3) is 0 Å². The van der Waals surface area contributed by atoms with Gasteiger partial charge < -0.3 is 20.3 Å². The smallest absolute Gasteiger partial charge is 0.322 e. The Balaban J connectivity index is 1.12. The molecule has 3 aliphatic rings. The molecule has 3 aromatic rings. The molecule has 3 fully saturated rings. The molecule has 0 radical (unpaired) electrons. The van der Waals surface area contributed by atoms with E-state index < -0.39 is 0 Å². The van der Waals surface area contributed by atoms with Crippen LogP contribution in [0.2, 0.25) is 0 Å². The molecule has 8 heteroatoms. The lowest BCUT2D eigenvalue weighted by molar-refractivity contribution is -0.124. The Labute approximate surface area is 242 Å². The van der Waals surface area contributed by atoms with Crippen molar-refractivity contribution in [1.82, 2.24) is 10.3 Å². The molecule has 0 atom stereocenters. The Morgan fingerprint density at radius 3 is 2.34 bits per heavy atom. The van der Waals surface area contributed by atoms with E-state index in [1.807, 2.05) is 41.3 Å². The van der Waals surface area contributed by atoms with Crippen molar-refractivity contribution in [1.29, 1.82) is 5.26 Å². The first-order valence-corrected chi connectivity index (χ1v) is 14.8. The van der Waals surface area contributed by atoms with E-state index in [0.29, 0.717) is 17.5 Å². The standard InChI is InChI=1S/C33H38N6O2/c34-20-26-6-15-31(35-22-26)37-27-7-9-29(10-8-27)39(32(40)36-21-25-4-2-1-3-5-25)30-13-11-28(12-14-30)38-18-16-33(17-19-38)23-41-24-33/h1-6,11-15,22,27,29H,7-10,16-19,21,23-24H2,(H,35,37)(H,36,40)/t27-,29-. The van der Waals surface area contributed by atoms with Gasteiger partial charge in [0.1, 0.15) is 11.9 Å². The highest BCUT2D eigenvalue weighted by Gasteiger charge is 2.41. The lowest BCUT2D eigenvalue weighted by Crippen LogP contribution is -2.51. The van der Waals surface area contributed by atoms with Crippen molar-refractivity contribution in [2.45, 2.75) is 57.2 Å². The molecule has 6 rings (SSSR count). The van der Waals surface area contributed by atoms with Crippen LogP contribution in [0.4, 0.5) is 22.0 Å². The van der Waals surface area contributed by atoms with Crippen molar-refractivity contribution in [3.63, 3.8) is 0 Å². The SMILES string of the molecule is N#Cc1ccc(N[C@H]2CC[C@H](N(C(=O)NCc3ccccc3)c3ccc(N4CCC5(CC4)COC5)cc3)CC2)nc1. The van der Waals surface area contributed by atoms with E-state index in [-0.39, 0.29) is 18.1 Å². The van der Waals surface area contributed by atoms with Gasteiger partial charge in [-0.3, -0.25) is 4.90 Å². The first kappa shape index (κ1) is 27.1. The second kappa shape index (κ2) is 12.2. The van der Waals surface area contributed by atoms with Crippen LogP contribution in [-0.2, 0) is 11.3 Å². The molecule has 8 nitrogen and oxygen atoms in total. The number of nitriles is 1. The van der Waals surface area contributed by atoms with Gasteiger partial charge in [0.15, 0.2) is 0 Å². The Kier molecular flexibility index (Phi) is 8.06. The zero-order chi connectivity index (χ0) is 28.1. The van der Waals surface area contributed by atoms with Gasteiger partial charge in [-0.2, -0.15) is 5.26 Å². The number of carbonyl (C=O) groups is 1. The summed E-state index contributed by atoms with van der Waals surface area (Å²) in [4.78, 5) is 22.5. The maximum Gasteiger partial charge on any atom is 0.322 e. The summed E-state index contributed by atoms with van der Waals surface area (Å²) in [5.74, 6) is 0.786. The summed E-state index contributed by atoms with van der Waals surface area (Å²) in [5.41, 5.74) is 4.20. The molecule has 212 valence electrons. The number of hydrogen-bond donors (Lipinski definition) is 2. The Morgan fingerprint density at radius 2 is 1.73 bits per heavy atom. The van der Waals surface area contributed by atoms with Crippen LogP contribution in [0.15, 0.2) is 72.9 Å². The van der Waals surface area contributed by atoms with E-state index in [0.717, 1.165) is 69.1 Å². The second-order valence-corrected chi connectivity index (χ2v) is 11.7. The van der Waals surface area contributed by atoms with Crippen LogP contribution in [0.25, 0.3) is 0 Å². The van der Waals surface area contributed by atoms with Gasteiger partial charge in [-0.25, -0.2) is 9.78 Å². The summed E-state index contributed by atoms with van der Waals surface area (Å²) in [7, 11) is 0. The Morgan fingerprint density at radius 1 is 1.00 bits per heavy atom. The monoisotopic (exact) mass is 550 g/mol. The molecular weight excluding hydrogens is 512 g/mol. The number of aromatic nitrogens is 1. The minimum atomic E-state index is -0.0586. The summed E-state index contributed by atoms with van der Waals surface area (Å²) in [6.45, 7) is 4.42. The van der Waals surface area contributed by atoms with Crippen LogP contribution in [0.3, 0.4) is 0 Å². The molecule has 0 unspecified atom stereocenters. The predicted octanol–water partition coefficient (Wildman–Crippen LogP) is 5.71. The normalized spacial score (nSPS) is 21.4. The number of nitrogens with one attached hydrogen (secondary N) is 2. The van der Waals surface area contributed by atoms with Crippen LogP contribution in [0.5, 0.6) is 0 Å². The predicted molar refractivity (Wildman–Crippen MR) is 161 cm³/mol. The number of ether oxygens (including phenoxy) is 1. The maximum atomic E-state index is 13.7. The van der Waals surface area contributed by atoms with Crippen molar-refractivity contribution in [3.05, 3.63) is 84.1 Å². The number of carbonyl (C=O) groups excluding carboxylic acids is 1. The Hall–Kier alpha value is -4.09.